The minimum Gasteiger partial charge on any atom is -0.329 e. The number of alkyl halides is 2. The summed E-state index contributed by atoms with van der Waals surface area (Å²) in [5.41, 5.74) is 0.294. The van der Waals surface area contributed by atoms with Crippen molar-refractivity contribution < 1.29 is 22.0 Å². The van der Waals surface area contributed by atoms with Gasteiger partial charge in [-0.2, -0.15) is 8.78 Å². The third-order valence-corrected chi connectivity index (χ3v) is 5.93. The summed E-state index contributed by atoms with van der Waals surface area (Å²) in [6.07, 6.45) is 0. The molecule has 1 N–H and O–H groups in total. The molecule has 0 atom stereocenters. The molecule has 3 rings (SSSR count). The third-order valence-electron chi connectivity index (χ3n) is 4.53. The number of para-hydroxylation sites is 1. The Labute approximate surface area is 171 Å². The molecule has 3 aromatic rings. The molecule has 1 heterocycles. The highest BCUT2D eigenvalue weighted by Crippen LogP contribution is 2.20. The van der Waals surface area contributed by atoms with Gasteiger partial charge in [-0.05, 0) is 50.2 Å². The van der Waals surface area contributed by atoms with E-state index >= 15 is 0 Å². The lowest BCUT2D eigenvalue weighted by atomic mass is 10.1. The molecule has 0 saturated heterocycles. The number of sulfone groups is 1. The predicted molar refractivity (Wildman–Crippen MR) is 107 cm³/mol. The fourth-order valence-corrected chi connectivity index (χ4v) is 3.64. The van der Waals surface area contributed by atoms with Gasteiger partial charge < -0.3 is 9.88 Å². The maximum absolute atomic E-state index is 12.9. The van der Waals surface area contributed by atoms with Gasteiger partial charge >= 0.3 is 5.76 Å². The smallest absolute Gasteiger partial charge is 0.329 e. The van der Waals surface area contributed by atoms with Gasteiger partial charge in [-0.25, -0.2) is 13.4 Å². The Morgan fingerprint density at radius 1 is 1.10 bits per heavy atom. The zero-order valence-corrected chi connectivity index (χ0v) is 17.0. The number of fused-ring (bicyclic) bond motifs is 1. The highest BCUT2D eigenvalue weighted by atomic mass is 32.2. The van der Waals surface area contributed by atoms with Crippen LogP contribution in [0.15, 0.2) is 58.2 Å². The van der Waals surface area contributed by atoms with Crippen molar-refractivity contribution in [2.45, 2.75) is 37.1 Å². The van der Waals surface area contributed by atoms with E-state index in [0.29, 0.717) is 10.9 Å². The SMILES string of the molecule is CC(C)N(Cc1nc2ccccc2c(=O)[nH]1)C(=O)c1ccc(S(=O)(=O)C(F)F)cc1. The molecule has 10 heteroatoms. The first-order chi connectivity index (χ1) is 14.1. The zero-order valence-electron chi connectivity index (χ0n) is 16.2. The van der Waals surface area contributed by atoms with Gasteiger partial charge in [0.15, 0.2) is 0 Å². The lowest BCUT2D eigenvalue weighted by molar-refractivity contribution is 0.0685. The molecule has 7 nitrogen and oxygen atoms in total. The van der Waals surface area contributed by atoms with Crippen molar-refractivity contribution in [3.63, 3.8) is 0 Å². The lowest BCUT2D eigenvalue weighted by Gasteiger charge is -2.26. The summed E-state index contributed by atoms with van der Waals surface area (Å²) >= 11 is 0. The number of carbonyl (C=O) groups excluding carboxylic acids is 1. The maximum Gasteiger partial charge on any atom is 0.341 e. The summed E-state index contributed by atoms with van der Waals surface area (Å²) in [6.45, 7) is 3.55. The van der Waals surface area contributed by atoms with Crippen LogP contribution in [0.2, 0.25) is 0 Å². The van der Waals surface area contributed by atoms with Gasteiger partial charge in [-0.3, -0.25) is 9.59 Å². The van der Waals surface area contributed by atoms with Crippen LogP contribution >= 0.6 is 0 Å². The molecular weight excluding hydrogens is 416 g/mol. The summed E-state index contributed by atoms with van der Waals surface area (Å²) < 4.78 is 48.5. The molecule has 30 heavy (non-hydrogen) atoms. The molecule has 158 valence electrons. The highest BCUT2D eigenvalue weighted by Gasteiger charge is 2.27. The van der Waals surface area contributed by atoms with Crippen LogP contribution in [-0.2, 0) is 16.4 Å². The van der Waals surface area contributed by atoms with Crippen LogP contribution in [0, 0.1) is 0 Å². The summed E-state index contributed by atoms with van der Waals surface area (Å²) in [6, 6.07) is 10.8. The Bertz CT molecular complexity index is 1240. The number of benzene rings is 2. The number of nitrogens with zero attached hydrogens (tertiary/aromatic N) is 2. The Morgan fingerprint density at radius 3 is 2.33 bits per heavy atom. The molecule has 0 unspecified atom stereocenters. The van der Waals surface area contributed by atoms with Crippen molar-refractivity contribution in [3.8, 4) is 0 Å². The molecule has 1 aromatic heterocycles. The molecule has 0 fully saturated rings. The number of H-pyrrole nitrogens is 1. The fourth-order valence-electron chi connectivity index (χ4n) is 2.92. The maximum atomic E-state index is 12.9. The van der Waals surface area contributed by atoms with Crippen molar-refractivity contribution in [3.05, 3.63) is 70.3 Å². The molecule has 0 radical (unpaired) electrons. The van der Waals surface area contributed by atoms with Gasteiger partial charge in [0.2, 0.25) is 9.84 Å². The predicted octanol–water partition coefficient (Wildman–Crippen LogP) is 2.97. The van der Waals surface area contributed by atoms with E-state index in [-0.39, 0.29) is 29.5 Å². The van der Waals surface area contributed by atoms with Gasteiger partial charge in [0.1, 0.15) is 5.82 Å². The van der Waals surface area contributed by atoms with E-state index in [0.717, 1.165) is 12.1 Å². The second-order valence-electron chi connectivity index (χ2n) is 6.89. The van der Waals surface area contributed by atoms with Gasteiger partial charge in [-0.1, -0.05) is 12.1 Å². The van der Waals surface area contributed by atoms with E-state index in [9.17, 15) is 26.8 Å². The molecule has 1 amide bonds. The monoisotopic (exact) mass is 435 g/mol. The lowest BCUT2D eigenvalue weighted by Crippen LogP contribution is -2.37. The van der Waals surface area contributed by atoms with E-state index in [1.165, 1.54) is 17.0 Å². The largest absolute Gasteiger partial charge is 0.341 e. The van der Waals surface area contributed by atoms with Crippen LogP contribution in [0.25, 0.3) is 10.9 Å². The summed E-state index contributed by atoms with van der Waals surface area (Å²) in [5.74, 6) is -3.71. The zero-order chi connectivity index (χ0) is 22.1. The van der Waals surface area contributed by atoms with E-state index in [2.05, 4.69) is 9.97 Å². The molecule has 0 spiro atoms. The summed E-state index contributed by atoms with van der Waals surface area (Å²) in [7, 11) is -4.74. The van der Waals surface area contributed by atoms with Crippen LogP contribution < -0.4 is 5.56 Å². The van der Waals surface area contributed by atoms with Crippen molar-refractivity contribution in [2.24, 2.45) is 0 Å². The molecule has 0 aliphatic rings. The van der Waals surface area contributed by atoms with Crippen molar-refractivity contribution in [1.29, 1.82) is 0 Å². The second-order valence-corrected chi connectivity index (χ2v) is 8.80. The highest BCUT2D eigenvalue weighted by molar-refractivity contribution is 7.91. The average Bonchev–Trinajstić information content (AvgIpc) is 2.71. The quantitative estimate of drug-likeness (QED) is 0.642. The van der Waals surface area contributed by atoms with Crippen molar-refractivity contribution in [2.75, 3.05) is 0 Å². The van der Waals surface area contributed by atoms with Crippen LogP contribution in [0.5, 0.6) is 0 Å². The number of hydrogen-bond donors (Lipinski definition) is 1. The number of nitrogens with one attached hydrogen (secondary N) is 1. The summed E-state index contributed by atoms with van der Waals surface area (Å²) in [5, 5.41) is 0.430. The van der Waals surface area contributed by atoms with Gasteiger partial charge in [-0.15, -0.1) is 0 Å². The second kappa shape index (κ2) is 8.31. The number of carbonyl (C=O) groups is 1. The number of hydrogen-bond acceptors (Lipinski definition) is 5. The van der Waals surface area contributed by atoms with E-state index < -0.39 is 26.4 Å². The minimum absolute atomic E-state index is 0.00760. The van der Waals surface area contributed by atoms with E-state index in [4.69, 9.17) is 0 Å². The van der Waals surface area contributed by atoms with Crippen LogP contribution in [0.4, 0.5) is 8.78 Å². The first-order valence-electron chi connectivity index (χ1n) is 9.02. The standard InChI is InChI=1S/C20H19F2N3O4S/c1-12(2)25(11-17-23-16-6-4-3-5-15(16)18(26)24-17)19(27)13-7-9-14(10-8-13)30(28,29)20(21)22/h3-10,12,20H,11H2,1-2H3,(H,23,24,26). The van der Waals surface area contributed by atoms with Gasteiger partial charge in [0.05, 0.1) is 22.3 Å². The van der Waals surface area contributed by atoms with Crippen molar-refractivity contribution >= 4 is 26.6 Å². The Morgan fingerprint density at radius 2 is 1.73 bits per heavy atom. The molecular formula is C20H19F2N3O4S. The first-order valence-corrected chi connectivity index (χ1v) is 10.6. The Hall–Kier alpha value is -3.14. The third kappa shape index (κ3) is 4.23. The molecule has 0 saturated carbocycles. The minimum atomic E-state index is -4.74. The molecule has 0 bridgehead atoms. The normalized spacial score (nSPS) is 11.9. The van der Waals surface area contributed by atoms with Crippen LogP contribution in [-0.4, -0.2) is 41.0 Å². The van der Waals surface area contributed by atoms with Crippen LogP contribution in [0.3, 0.4) is 0 Å². The Kier molecular flexibility index (Phi) is 5.97. The number of rotatable bonds is 6. The van der Waals surface area contributed by atoms with Gasteiger partial charge in [0, 0.05) is 11.6 Å². The van der Waals surface area contributed by atoms with E-state index in [1.54, 1.807) is 38.1 Å². The molecule has 0 aliphatic carbocycles. The first kappa shape index (κ1) is 21.6. The van der Waals surface area contributed by atoms with E-state index in [1.807, 2.05) is 0 Å². The number of aromatic amines is 1. The molecule has 2 aromatic carbocycles. The number of halogens is 2. The fraction of sp³-hybridized carbons (Fsp3) is 0.250. The van der Waals surface area contributed by atoms with Crippen LogP contribution in [0.1, 0.15) is 30.0 Å². The molecule has 0 aliphatic heterocycles. The summed E-state index contributed by atoms with van der Waals surface area (Å²) in [4.78, 5) is 33.1. The number of aromatic nitrogens is 2. The topological polar surface area (TPSA) is 100 Å². The van der Waals surface area contributed by atoms with Crippen molar-refractivity contribution in [1.82, 2.24) is 14.9 Å². The van der Waals surface area contributed by atoms with Gasteiger partial charge in [0.25, 0.3) is 11.5 Å². The average molecular weight is 435 g/mol. The number of amides is 1. The Balaban J connectivity index is 1.90.